The lowest BCUT2D eigenvalue weighted by Crippen LogP contribution is -2.59. The monoisotopic (exact) mass is 493 g/mol. The molecule has 1 atom stereocenters. The van der Waals surface area contributed by atoms with Gasteiger partial charge in [-0.1, -0.05) is 50.2 Å². The van der Waals surface area contributed by atoms with Crippen molar-refractivity contribution < 1.29 is 23.9 Å². The number of hydrogen-bond acceptors (Lipinski definition) is 5. The van der Waals surface area contributed by atoms with Crippen LogP contribution in [-0.4, -0.2) is 66.1 Å². The molecular formula is C28H35N3O5. The van der Waals surface area contributed by atoms with Gasteiger partial charge in [0.1, 0.15) is 17.5 Å². The second-order valence-corrected chi connectivity index (χ2v) is 9.86. The Morgan fingerprint density at radius 1 is 1.08 bits per heavy atom. The van der Waals surface area contributed by atoms with Crippen LogP contribution in [0.5, 0.6) is 5.75 Å². The molecule has 2 heterocycles. The molecule has 2 aliphatic rings. The first kappa shape index (κ1) is 25.7. The second-order valence-electron chi connectivity index (χ2n) is 9.86. The van der Waals surface area contributed by atoms with Crippen molar-refractivity contribution in [1.82, 2.24) is 15.1 Å². The molecule has 8 nitrogen and oxygen atoms in total. The normalized spacial score (nSPS) is 18.9. The van der Waals surface area contributed by atoms with E-state index in [4.69, 9.17) is 9.47 Å². The van der Waals surface area contributed by atoms with Gasteiger partial charge in [0.05, 0.1) is 13.7 Å². The molecule has 8 heteroatoms. The Hall–Kier alpha value is -3.39. The van der Waals surface area contributed by atoms with E-state index in [0.717, 1.165) is 5.56 Å². The van der Waals surface area contributed by atoms with E-state index in [-0.39, 0.29) is 30.2 Å². The molecule has 0 aromatic heterocycles. The SMILES string of the molecule is COc1cccc(C(=O)N2[C@H](C(=O)NCc3ccccc3)COC23CCN(C(=O)CC(C)C)CC3)c1. The van der Waals surface area contributed by atoms with Crippen LogP contribution in [0, 0.1) is 5.92 Å². The zero-order chi connectivity index (χ0) is 25.7. The van der Waals surface area contributed by atoms with Crippen LogP contribution < -0.4 is 10.1 Å². The number of likely N-dealkylation sites (tertiary alicyclic amines) is 1. The molecule has 2 fully saturated rings. The van der Waals surface area contributed by atoms with Gasteiger partial charge in [0.25, 0.3) is 5.91 Å². The van der Waals surface area contributed by atoms with E-state index in [2.05, 4.69) is 5.32 Å². The molecule has 2 aromatic rings. The van der Waals surface area contributed by atoms with Crippen LogP contribution in [0.25, 0.3) is 0 Å². The highest BCUT2D eigenvalue weighted by atomic mass is 16.5. The fraction of sp³-hybridized carbons (Fsp3) is 0.464. The molecule has 2 aliphatic heterocycles. The Kier molecular flexibility index (Phi) is 7.94. The number of benzene rings is 2. The fourth-order valence-corrected chi connectivity index (χ4v) is 4.95. The van der Waals surface area contributed by atoms with Crippen molar-refractivity contribution >= 4 is 17.7 Å². The summed E-state index contributed by atoms with van der Waals surface area (Å²) in [6.45, 7) is 5.48. The van der Waals surface area contributed by atoms with Crippen LogP contribution >= 0.6 is 0 Å². The number of carbonyl (C=O) groups excluding carboxylic acids is 3. The molecule has 1 spiro atoms. The topological polar surface area (TPSA) is 88.2 Å². The fourth-order valence-electron chi connectivity index (χ4n) is 4.95. The number of piperidine rings is 1. The summed E-state index contributed by atoms with van der Waals surface area (Å²) in [6.07, 6.45) is 1.40. The highest BCUT2D eigenvalue weighted by molar-refractivity contribution is 5.98. The molecule has 0 unspecified atom stereocenters. The van der Waals surface area contributed by atoms with Crippen molar-refractivity contribution in [3.63, 3.8) is 0 Å². The largest absolute Gasteiger partial charge is 0.497 e. The third-order valence-electron chi connectivity index (χ3n) is 6.89. The first-order valence-corrected chi connectivity index (χ1v) is 12.5. The predicted octanol–water partition coefficient (Wildman–Crippen LogP) is 3.22. The smallest absolute Gasteiger partial charge is 0.257 e. The maximum Gasteiger partial charge on any atom is 0.257 e. The third kappa shape index (κ3) is 5.54. The van der Waals surface area contributed by atoms with Crippen molar-refractivity contribution in [2.45, 2.75) is 51.4 Å². The van der Waals surface area contributed by atoms with E-state index in [9.17, 15) is 14.4 Å². The van der Waals surface area contributed by atoms with Crippen LogP contribution in [0.2, 0.25) is 0 Å². The highest BCUT2D eigenvalue weighted by Gasteiger charge is 2.54. The van der Waals surface area contributed by atoms with Gasteiger partial charge in [-0.25, -0.2) is 0 Å². The van der Waals surface area contributed by atoms with Crippen LogP contribution in [0.15, 0.2) is 54.6 Å². The summed E-state index contributed by atoms with van der Waals surface area (Å²) in [5.41, 5.74) is 0.462. The number of carbonyl (C=O) groups is 3. The summed E-state index contributed by atoms with van der Waals surface area (Å²) in [7, 11) is 1.55. The van der Waals surface area contributed by atoms with E-state index in [1.807, 2.05) is 49.1 Å². The zero-order valence-corrected chi connectivity index (χ0v) is 21.2. The van der Waals surface area contributed by atoms with Crippen LogP contribution in [0.4, 0.5) is 0 Å². The van der Waals surface area contributed by atoms with Gasteiger partial charge in [0.15, 0.2) is 0 Å². The molecule has 0 radical (unpaired) electrons. The maximum absolute atomic E-state index is 13.9. The Morgan fingerprint density at radius 2 is 1.81 bits per heavy atom. The maximum atomic E-state index is 13.9. The van der Waals surface area contributed by atoms with Crippen molar-refractivity contribution in [2.75, 3.05) is 26.8 Å². The van der Waals surface area contributed by atoms with Crippen molar-refractivity contribution in [3.05, 3.63) is 65.7 Å². The Balaban J connectivity index is 1.56. The average Bonchev–Trinajstić information content (AvgIpc) is 3.25. The summed E-state index contributed by atoms with van der Waals surface area (Å²) in [4.78, 5) is 43.3. The van der Waals surface area contributed by atoms with E-state index >= 15 is 0 Å². The first-order chi connectivity index (χ1) is 17.3. The highest BCUT2D eigenvalue weighted by Crippen LogP contribution is 2.39. The lowest BCUT2D eigenvalue weighted by molar-refractivity contribution is -0.144. The van der Waals surface area contributed by atoms with E-state index in [1.165, 1.54) is 0 Å². The molecule has 2 aromatic carbocycles. The third-order valence-corrected chi connectivity index (χ3v) is 6.89. The predicted molar refractivity (Wildman–Crippen MR) is 135 cm³/mol. The molecule has 0 aliphatic carbocycles. The summed E-state index contributed by atoms with van der Waals surface area (Å²) < 4.78 is 11.6. The van der Waals surface area contributed by atoms with Crippen LogP contribution in [-0.2, 0) is 20.9 Å². The van der Waals surface area contributed by atoms with Crippen LogP contribution in [0.1, 0.15) is 49.0 Å². The number of methoxy groups -OCH3 is 1. The average molecular weight is 494 g/mol. The number of nitrogens with zero attached hydrogens (tertiary/aromatic N) is 2. The summed E-state index contributed by atoms with van der Waals surface area (Å²) in [6, 6.07) is 15.8. The number of amides is 3. The number of ether oxygens (including phenoxy) is 2. The standard InChI is InChI=1S/C28H35N3O5/c1-20(2)16-25(32)30-14-12-28(13-15-30)31(27(34)22-10-7-11-23(17-22)35-3)24(19-36-28)26(33)29-18-21-8-5-4-6-9-21/h4-11,17,20,24H,12-16,18-19H2,1-3H3,(H,29,33)/t24-/m0/s1. The van der Waals surface area contributed by atoms with Gasteiger partial charge in [-0.3, -0.25) is 19.3 Å². The lowest BCUT2D eigenvalue weighted by Gasteiger charge is -2.44. The summed E-state index contributed by atoms with van der Waals surface area (Å²) in [5.74, 6) is 0.410. The van der Waals surface area contributed by atoms with Gasteiger partial charge in [-0.2, -0.15) is 0 Å². The molecule has 2 saturated heterocycles. The quantitative estimate of drug-likeness (QED) is 0.640. The van der Waals surface area contributed by atoms with Crippen LogP contribution in [0.3, 0.4) is 0 Å². The molecular weight excluding hydrogens is 458 g/mol. The lowest BCUT2D eigenvalue weighted by atomic mass is 9.96. The summed E-state index contributed by atoms with van der Waals surface area (Å²) in [5, 5.41) is 2.97. The number of rotatable bonds is 7. The van der Waals surface area contributed by atoms with Gasteiger partial charge >= 0.3 is 0 Å². The minimum absolute atomic E-state index is 0.107. The van der Waals surface area contributed by atoms with Gasteiger partial charge in [0, 0.05) is 44.5 Å². The first-order valence-electron chi connectivity index (χ1n) is 12.5. The second kappa shape index (κ2) is 11.1. The van der Waals surface area contributed by atoms with Gasteiger partial charge in [-0.05, 0) is 29.7 Å². The Bertz CT molecular complexity index is 1080. The number of hydrogen-bond donors (Lipinski definition) is 1. The van der Waals surface area contributed by atoms with Gasteiger partial charge in [0.2, 0.25) is 11.8 Å². The number of nitrogens with one attached hydrogen (secondary N) is 1. The molecule has 36 heavy (non-hydrogen) atoms. The van der Waals surface area contributed by atoms with Crippen molar-refractivity contribution in [3.8, 4) is 5.75 Å². The molecule has 0 bridgehead atoms. The minimum Gasteiger partial charge on any atom is -0.497 e. The molecule has 1 N–H and O–H groups in total. The van der Waals surface area contributed by atoms with E-state index in [1.54, 1.807) is 36.3 Å². The van der Waals surface area contributed by atoms with E-state index in [0.29, 0.717) is 50.2 Å². The van der Waals surface area contributed by atoms with Gasteiger partial charge < -0.3 is 19.7 Å². The Morgan fingerprint density at radius 3 is 2.47 bits per heavy atom. The van der Waals surface area contributed by atoms with Crippen molar-refractivity contribution in [2.24, 2.45) is 5.92 Å². The molecule has 192 valence electrons. The zero-order valence-electron chi connectivity index (χ0n) is 21.2. The molecule has 3 amide bonds. The van der Waals surface area contributed by atoms with Crippen molar-refractivity contribution in [1.29, 1.82) is 0 Å². The molecule has 4 rings (SSSR count). The minimum atomic E-state index is -0.941. The van der Waals surface area contributed by atoms with Gasteiger partial charge in [-0.15, -0.1) is 0 Å². The summed E-state index contributed by atoms with van der Waals surface area (Å²) >= 11 is 0. The molecule has 0 saturated carbocycles. The Labute approximate surface area is 212 Å². The van der Waals surface area contributed by atoms with E-state index < -0.39 is 11.8 Å².